The van der Waals surface area contributed by atoms with Crippen LogP contribution in [0.4, 0.5) is 5.82 Å². The Balaban J connectivity index is 2.63. The van der Waals surface area contributed by atoms with Crippen LogP contribution >= 0.6 is 0 Å². The fourth-order valence-corrected chi connectivity index (χ4v) is 0.815. The van der Waals surface area contributed by atoms with Crippen molar-refractivity contribution in [3.05, 3.63) is 23.9 Å². The molecule has 10 heavy (non-hydrogen) atoms. The minimum atomic E-state index is 0.793. The molecule has 0 fully saturated rings. The Bertz CT molecular complexity index is 310. The smallest absolute Gasteiger partial charge is 0.154 e. The fraction of sp³-hybridized carbons (Fsp3) is 0. The van der Waals surface area contributed by atoms with Crippen molar-refractivity contribution in [1.82, 2.24) is 4.98 Å². The molecule has 1 aromatic rings. The van der Waals surface area contributed by atoms with Gasteiger partial charge in [-0.1, -0.05) is 0 Å². The number of fused-ring (bicyclic) bond motifs is 1. The van der Waals surface area contributed by atoms with Crippen LogP contribution in [0, 0.1) is 0 Å². The van der Waals surface area contributed by atoms with E-state index in [1.54, 1.807) is 12.3 Å². The van der Waals surface area contributed by atoms with Gasteiger partial charge < -0.3 is 0 Å². The summed E-state index contributed by atoms with van der Waals surface area (Å²) in [6.45, 7) is 0. The van der Waals surface area contributed by atoms with Crippen LogP contribution in [0.5, 0.6) is 0 Å². The Hall–Kier alpha value is -1.60. The summed E-state index contributed by atoms with van der Waals surface area (Å²) in [6.07, 6.45) is 3.51. The molecule has 0 aromatic carbocycles. The van der Waals surface area contributed by atoms with E-state index in [0.29, 0.717) is 0 Å². The first-order chi connectivity index (χ1) is 4.97. The van der Waals surface area contributed by atoms with Crippen LogP contribution in [0.2, 0.25) is 0 Å². The van der Waals surface area contributed by atoms with Crippen LogP contribution in [-0.4, -0.2) is 10.9 Å². The summed E-state index contributed by atoms with van der Waals surface area (Å²) in [5.74, 6) is 3.48. The predicted octanol–water partition coefficient (Wildman–Crippen LogP) is 1.10. The number of anilines is 1. The largest absolute Gasteiger partial charge is 0.253 e. The predicted molar refractivity (Wildman–Crippen MR) is 39.8 cm³/mol. The highest BCUT2D eigenvalue weighted by molar-refractivity contribution is 5.84. The highest BCUT2D eigenvalue weighted by atomic mass is 15.3. The third kappa shape index (κ3) is 0.694. The lowest BCUT2D eigenvalue weighted by Crippen LogP contribution is -1.96. The van der Waals surface area contributed by atoms with Crippen LogP contribution in [-0.2, 0) is 0 Å². The summed E-state index contributed by atoms with van der Waals surface area (Å²) in [7, 11) is 0. The lowest BCUT2D eigenvalue weighted by atomic mass is 10.2. The van der Waals surface area contributed by atoms with Gasteiger partial charge in [-0.25, -0.2) is 4.98 Å². The van der Waals surface area contributed by atoms with E-state index >= 15 is 0 Å². The van der Waals surface area contributed by atoms with Gasteiger partial charge in [-0.15, -0.1) is 5.10 Å². The van der Waals surface area contributed by atoms with Crippen LogP contribution in [0.15, 0.2) is 23.4 Å². The van der Waals surface area contributed by atoms with Gasteiger partial charge in [0.25, 0.3) is 0 Å². The molecule has 0 atom stereocenters. The first-order valence-corrected chi connectivity index (χ1v) is 2.96. The Morgan fingerprint density at radius 3 is 3.40 bits per heavy atom. The molecule has 0 saturated heterocycles. The van der Waals surface area contributed by atoms with Gasteiger partial charge in [0.1, 0.15) is 0 Å². The Morgan fingerprint density at radius 1 is 1.50 bits per heavy atom. The number of nitrogens with zero attached hydrogens (tertiary/aromatic N) is 2. The number of hydrogen-bond acceptors (Lipinski definition) is 3. The second kappa shape index (κ2) is 1.97. The van der Waals surface area contributed by atoms with Crippen molar-refractivity contribution in [2.75, 3.05) is 5.43 Å². The molecule has 2 rings (SSSR count). The van der Waals surface area contributed by atoms with Gasteiger partial charge in [0, 0.05) is 23.7 Å². The van der Waals surface area contributed by atoms with E-state index in [9.17, 15) is 0 Å². The van der Waals surface area contributed by atoms with Gasteiger partial charge in [-0.3, -0.25) is 5.43 Å². The topological polar surface area (TPSA) is 37.3 Å². The van der Waals surface area contributed by atoms with Crippen molar-refractivity contribution < 1.29 is 0 Å². The van der Waals surface area contributed by atoms with Gasteiger partial charge in [-0.2, -0.15) is 0 Å². The van der Waals surface area contributed by atoms with Gasteiger partial charge in [0.2, 0.25) is 0 Å². The molecule has 3 heteroatoms. The SMILES string of the molecule is C1=Cc2cccnc2NN=1. The van der Waals surface area contributed by atoms with Crippen molar-refractivity contribution in [3.8, 4) is 0 Å². The molecule has 1 N–H and O–H groups in total. The number of nitrogens with one attached hydrogen (secondary N) is 1. The maximum absolute atomic E-state index is 4.04. The summed E-state index contributed by atoms with van der Waals surface area (Å²) in [4.78, 5) is 4.04. The maximum atomic E-state index is 4.04. The number of hydrazone groups is 1. The molecule has 0 radical (unpaired) electrons. The van der Waals surface area contributed by atoms with E-state index in [1.165, 1.54) is 0 Å². The Morgan fingerprint density at radius 2 is 2.50 bits per heavy atom. The molecule has 0 aliphatic carbocycles. The first kappa shape index (κ1) is 5.21. The second-order valence-electron chi connectivity index (χ2n) is 1.94. The van der Waals surface area contributed by atoms with Crippen LogP contribution in [0.25, 0.3) is 6.08 Å². The van der Waals surface area contributed by atoms with Gasteiger partial charge in [-0.05, 0) is 12.1 Å². The first-order valence-electron chi connectivity index (χ1n) is 2.96. The lowest BCUT2D eigenvalue weighted by molar-refractivity contribution is 1.22. The molecule has 3 nitrogen and oxygen atoms in total. The molecule has 1 aromatic heterocycles. The highest BCUT2D eigenvalue weighted by Gasteiger charge is 1.99. The van der Waals surface area contributed by atoms with E-state index in [0.717, 1.165) is 11.4 Å². The van der Waals surface area contributed by atoms with E-state index in [4.69, 9.17) is 0 Å². The molecule has 0 unspecified atom stereocenters. The monoisotopic (exact) mass is 131 g/mol. The van der Waals surface area contributed by atoms with E-state index in [-0.39, 0.29) is 0 Å². The van der Waals surface area contributed by atoms with Crippen molar-refractivity contribution in [1.29, 1.82) is 0 Å². The average molecular weight is 131 g/mol. The quantitative estimate of drug-likeness (QED) is 0.572. The van der Waals surface area contributed by atoms with Gasteiger partial charge in [0.15, 0.2) is 5.82 Å². The number of hydrogen-bond donors (Lipinski definition) is 1. The minimum absolute atomic E-state index is 0.793. The molecule has 0 amide bonds. The standard InChI is InChI=1S/C7H5N3/c1-2-6-3-5-9-10-7(6)8-4-1/h1-4H,(H,8,10). The fourth-order valence-electron chi connectivity index (χ4n) is 0.815. The summed E-state index contributed by atoms with van der Waals surface area (Å²) in [5.41, 5.74) is 3.76. The van der Waals surface area contributed by atoms with E-state index in [2.05, 4.69) is 21.4 Å². The summed E-state index contributed by atoms with van der Waals surface area (Å²) in [5, 5.41) is 3.70. The number of rotatable bonds is 0. The molecule has 0 spiro atoms. The van der Waals surface area contributed by atoms with E-state index in [1.807, 2.05) is 12.1 Å². The van der Waals surface area contributed by atoms with Crippen LogP contribution in [0.1, 0.15) is 5.56 Å². The minimum Gasteiger partial charge on any atom is -0.253 e. The normalized spacial score (nSPS) is 12.4. The third-order valence-corrected chi connectivity index (χ3v) is 1.29. The average Bonchev–Trinajstić information content (AvgIpc) is 2.05. The van der Waals surface area contributed by atoms with Crippen molar-refractivity contribution in [3.63, 3.8) is 0 Å². The molecule has 2 heterocycles. The molecular weight excluding hydrogens is 126 g/mol. The highest BCUT2D eigenvalue weighted by Crippen LogP contribution is 2.13. The molecule has 0 bridgehead atoms. The lowest BCUT2D eigenvalue weighted by Gasteiger charge is -2.03. The van der Waals surface area contributed by atoms with Gasteiger partial charge >= 0.3 is 0 Å². The zero-order valence-corrected chi connectivity index (χ0v) is 5.20. The Labute approximate surface area is 58.1 Å². The Kier molecular flexibility index (Phi) is 1.03. The molecule has 1 aliphatic rings. The maximum Gasteiger partial charge on any atom is 0.154 e. The van der Waals surface area contributed by atoms with Gasteiger partial charge in [0.05, 0.1) is 0 Å². The van der Waals surface area contributed by atoms with Crippen molar-refractivity contribution >= 4 is 17.8 Å². The number of aromatic nitrogens is 1. The second-order valence-corrected chi connectivity index (χ2v) is 1.94. The third-order valence-electron chi connectivity index (χ3n) is 1.29. The number of pyridine rings is 1. The van der Waals surface area contributed by atoms with Crippen molar-refractivity contribution in [2.24, 2.45) is 5.10 Å². The van der Waals surface area contributed by atoms with Crippen LogP contribution in [0.3, 0.4) is 0 Å². The summed E-state index contributed by atoms with van der Waals surface area (Å²) < 4.78 is 0. The molecule has 1 aliphatic heterocycles. The van der Waals surface area contributed by atoms with Crippen molar-refractivity contribution in [2.45, 2.75) is 0 Å². The summed E-state index contributed by atoms with van der Waals surface area (Å²) in [6, 6.07) is 3.83. The molecule has 0 saturated carbocycles. The van der Waals surface area contributed by atoms with E-state index < -0.39 is 0 Å². The summed E-state index contributed by atoms with van der Waals surface area (Å²) >= 11 is 0. The zero-order chi connectivity index (χ0) is 6.81. The van der Waals surface area contributed by atoms with Crippen LogP contribution < -0.4 is 5.43 Å². The zero-order valence-electron chi connectivity index (χ0n) is 5.20. The molecular formula is C7H5N3. The molecule has 48 valence electrons.